The highest BCUT2D eigenvalue weighted by atomic mass is 16.6. The first-order valence-corrected chi connectivity index (χ1v) is 6.66. The highest BCUT2D eigenvalue weighted by molar-refractivity contribution is 5.76. The van der Waals surface area contributed by atoms with E-state index in [0.717, 1.165) is 6.42 Å². The van der Waals surface area contributed by atoms with Crippen LogP contribution < -0.4 is 5.32 Å². The summed E-state index contributed by atoms with van der Waals surface area (Å²) < 4.78 is 10.2. The van der Waals surface area contributed by atoms with Gasteiger partial charge in [0.1, 0.15) is 5.60 Å². The zero-order valence-corrected chi connectivity index (χ0v) is 12.1. The number of esters is 1. The van der Waals surface area contributed by atoms with Gasteiger partial charge in [-0.05, 0) is 40.5 Å². The molecule has 108 valence electrons. The van der Waals surface area contributed by atoms with E-state index < -0.39 is 11.7 Å². The molecule has 0 saturated heterocycles. The molecule has 5 nitrogen and oxygen atoms in total. The number of hydrogen-bond donors (Lipinski definition) is 1. The van der Waals surface area contributed by atoms with Crippen LogP contribution in [0.4, 0.5) is 4.79 Å². The SMILES string of the molecule is CCOC(=O)[C@@H]1CCC=C[C@@H]1NC(=O)OC(C)(C)C. The molecule has 0 saturated carbocycles. The quantitative estimate of drug-likeness (QED) is 0.631. The summed E-state index contributed by atoms with van der Waals surface area (Å²) in [5.74, 6) is -0.606. The lowest BCUT2D eigenvalue weighted by molar-refractivity contribution is -0.148. The molecule has 0 heterocycles. The van der Waals surface area contributed by atoms with Crippen molar-refractivity contribution in [1.29, 1.82) is 0 Å². The van der Waals surface area contributed by atoms with Crippen molar-refractivity contribution in [1.82, 2.24) is 5.32 Å². The molecule has 5 heteroatoms. The fourth-order valence-electron chi connectivity index (χ4n) is 1.94. The van der Waals surface area contributed by atoms with E-state index in [2.05, 4.69) is 5.32 Å². The average Bonchev–Trinajstić information content (AvgIpc) is 2.27. The van der Waals surface area contributed by atoms with Crippen molar-refractivity contribution in [2.24, 2.45) is 5.92 Å². The summed E-state index contributed by atoms with van der Waals surface area (Å²) in [6.07, 6.45) is 4.76. The van der Waals surface area contributed by atoms with Gasteiger partial charge in [0.15, 0.2) is 0 Å². The van der Waals surface area contributed by atoms with Crippen molar-refractivity contribution in [3.63, 3.8) is 0 Å². The van der Waals surface area contributed by atoms with Crippen molar-refractivity contribution < 1.29 is 19.1 Å². The lowest BCUT2D eigenvalue weighted by Crippen LogP contribution is -2.45. The van der Waals surface area contributed by atoms with Gasteiger partial charge in [-0.2, -0.15) is 0 Å². The van der Waals surface area contributed by atoms with E-state index in [0.29, 0.717) is 13.0 Å². The topological polar surface area (TPSA) is 64.6 Å². The van der Waals surface area contributed by atoms with Crippen molar-refractivity contribution in [2.45, 2.75) is 52.2 Å². The Morgan fingerprint density at radius 3 is 2.63 bits per heavy atom. The molecule has 0 aromatic heterocycles. The van der Waals surface area contributed by atoms with Crippen molar-refractivity contribution in [2.75, 3.05) is 6.61 Å². The van der Waals surface area contributed by atoms with Crippen LogP contribution in [-0.4, -0.2) is 30.3 Å². The summed E-state index contributed by atoms with van der Waals surface area (Å²) in [4.78, 5) is 23.6. The number of hydrogen-bond acceptors (Lipinski definition) is 4. The first-order chi connectivity index (χ1) is 8.83. The van der Waals surface area contributed by atoms with Crippen LogP contribution in [0.25, 0.3) is 0 Å². The molecule has 1 aliphatic rings. The zero-order chi connectivity index (χ0) is 14.5. The van der Waals surface area contributed by atoms with Crippen LogP contribution in [-0.2, 0) is 14.3 Å². The molecule has 0 aromatic carbocycles. The fraction of sp³-hybridized carbons (Fsp3) is 0.714. The second kappa shape index (κ2) is 6.59. The Bertz CT molecular complexity index is 357. The van der Waals surface area contributed by atoms with E-state index in [9.17, 15) is 9.59 Å². The van der Waals surface area contributed by atoms with Gasteiger partial charge in [0.05, 0.1) is 18.6 Å². The second-order valence-corrected chi connectivity index (χ2v) is 5.54. The standard InChI is InChI=1S/C14H23NO4/c1-5-18-12(16)10-8-6-7-9-11(10)15-13(17)19-14(2,3)4/h7,9-11H,5-6,8H2,1-4H3,(H,15,17)/t10-,11+/m1/s1. The molecular weight excluding hydrogens is 246 g/mol. The number of nitrogens with one attached hydrogen (secondary N) is 1. The van der Waals surface area contributed by atoms with Crippen LogP contribution in [0.5, 0.6) is 0 Å². The Labute approximate surface area is 114 Å². The average molecular weight is 269 g/mol. The van der Waals surface area contributed by atoms with Gasteiger partial charge >= 0.3 is 12.1 Å². The first kappa shape index (κ1) is 15.5. The maximum Gasteiger partial charge on any atom is 0.408 e. The van der Waals surface area contributed by atoms with Crippen LogP contribution in [0, 0.1) is 5.92 Å². The summed E-state index contributed by atoms with van der Waals surface area (Å²) in [6.45, 7) is 7.51. The van der Waals surface area contributed by atoms with Gasteiger partial charge in [-0.3, -0.25) is 4.79 Å². The minimum atomic E-state index is -0.554. The number of alkyl carbamates (subject to hydrolysis) is 1. The van der Waals surface area contributed by atoms with E-state index in [1.54, 1.807) is 27.7 Å². The molecule has 0 spiro atoms. The molecule has 0 unspecified atom stereocenters. The van der Waals surface area contributed by atoms with E-state index in [-0.39, 0.29) is 17.9 Å². The van der Waals surface area contributed by atoms with Gasteiger partial charge in [-0.25, -0.2) is 4.79 Å². The second-order valence-electron chi connectivity index (χ2n) is 5.54. The maximum atomic E-state index is 11.8. The normalized spacial score (nSPS) is 22.7. The van der Waals surface area contributed by atoms with Gasteiger partial charge in [0, 0.05) is 0 Å². The summed E-state index contributed by atoms with van der Waals surface area (Å²) >= 11 is 0. The Kier molecular flexibility index (Phi) is 5.39. The summed E-state index contributed by atoms with van der Waals surface area (Å²) in [7, 11) is 0. The van der Waals surface area contributed by atoms with Crippen LogP contribution in [0.2, 0.25) is 0 Å². The highest BCUT2D eigenvalue weighted by Crippen LogP contribution is 2.21. The Hall–Kier alpha value is -1.52. The van der Waals surface area contributed by atoms with E-state index >= 15 is 0 Å². The van der Waals surface area contributed by atoms with Gasteiger partial charge < -0.3 is 14.8 Å². The molecule has 0 aliphatic heterocycles. The largest absolute Gasteiger partial charge is 0.466 e. The van der Waals surface area contributed by atoms with Crippen molar-refractivity contribution in [3.8, 4) is 0 Å². The summed E-state index contributed by atoms with van der Waals surface area (Å²) in [5.41, 5.74) is -0.554. The molecule has 1 rings (SSSR count). The minimum Gasteiger partial charge on any atom is -0.466 e. The Balaban J connectivity index is 2.62. The number of amides is 1. The number of ether oxygens (including phenoxy) is 2. The Morgan fingerprint density at radius 1 is 1.37 bits per heavy atom. The van der Waals surface area contributed by atoms with E-state index in [4.69, 9.17) is 9.47 Å². The first-order valence-electron chi connectivity index (χ1n) is 6.66. The Morgan fingerprint density at radius 2 is 2.05 bits per heavy atom. The molecule has 0 aromatic rings. The molecule has 1 amide bonds. The lowest BCUT2D eigenvalue weighted by Gasteiger charge is -2.28. The van der Waals surface area contributed by atoms with Crippen LogP contribution in [0.3, 0.4) is 0 Å². The molecule has 1 aliphatic carbocycles. The third-order valence-corrected chi connectivity index (χ3v) is 2.69. The van der Waals surface area contributed by atoms with Gasteiger partial charge in [0.2, 0.25) is 0 Å². The summed E-state index contributed by atoms with van der Waals surface area (Å²) in [6, 6.07) is -0.359. The van der Waals surface area contributed by atoms with Crippen LogP contribution in [0.1, 0.15) is 40.5 Å². The molecule has 19 heavy (non-hydrogen) atoms. The lowest BCUT2D eigenvalue weighted by atomic mass is 9.89. The molecule has 2 atom stereocenters. The third-order valence-electron chi connectivity index (χ3n) is 2.69. The molecule has 0 fully saturated rings. The number of allylic oxidation sites excluding steroid dienone is 1. The fourth-order valence-corrected chi connectivity index (χ4v) is 1.94. The van der Waals surface area contributed by atoms with Gasteiger partial charge in [-0.1, -0.05) is 12.2 Å². The van der Waals surface area contributed by atoms with Gasteiger partial charge in [-0.15, -0.1) is 0 Å². The summed E-state index contributed by atoms with van der Waals surface area (Å²) in [5, 5.41) is 2.72. The molecule has 0 bridgehead atoms. The van der Waals surface area contributed by atoms with Crippen molar-refractivity contribution in [3.05, 3.63) is 12.2 Å². The van der Waals surface area contributed by atoms with Gasteiger partial charge in [0.25, 0.3) is 0 Å². The minimum absolute atomic E-state index is 0.270. The number of carbonyl (C=O) groups is 2. The van der Waals surface area contributed by atoms with Crippen LogP contribution >= 0.6 is 0 Å². The molecular formula is C14H23NO4. The van der Waals surface area contributed by atoms with Crippen molar-refractivity contribution >= 4 is 12.1 Å². The number of carbonyl (C=O) groups excluding carboxylic acids is 2. The van der Waals surface area contributed by atoms with Crippen LogP contribution in [0.15, 0.2) is 12.2 Å². The number of rotatable bonds is 3. The predicted molar refractivity (Wildman–Crippen MR) is 71.7 cm³/mol. The third kappa shape index (κ3) is 5.32. The molecule has 0 radical (unpaired) electrons. The van der Waals surface area contributed by atoms with E-state index in [1.807, 2.05) is 12.2 Å². The highest BCUT2D eigenvalue weighted by Gasteiger charge is 2.31. The zero-order valence-electron chi connectivity index (χ0n) is 12.1. The predicted octanol–water partition coefficient (Wildman–Crippen LogP) is 2.41. The van der Waals surface area contributed by atoms with E-state index in [1.165, 1.54) is 0 Å². The maximum absolute atomic E-state index is 11.8. The smallest absolute Gasteiger partial charge is 0.408 e. The molecule has 1 N–H and O–H groups in total. The monoisotopic (exact) mass is 269 g/mol.